The zero-order chi connectivity index (χ0) is 37.1. The quantitative estimate of drug-likeness (QED) is 0.157. The van der Waals surface area contributed by atoms with E-state index in [2.05, 4.69) is 31.2 Å². The van der Waals surface area contributed by atoms with E-state index in [4.69, 9.17) is 23.7 Å². The van der Waals surface area contributed by atoms with Gasteiger partial charge in [0.2, 0.25) is 0 Å². The highest BCUT2D eigenvalue weighted by molar-refractivity contribution is 6.09. The Morgan fingerprint density at radius 3 is 1.77 bits per heavy atom. The maximum absolute atomic E-state index is 13.6. The number of ether oxygens (including phenoxy) is 5. The Balaban J connectivity index is 1.42. The van der Waals surface area contributed by atoms with E-state index in [1.165, 1.54) is 0 Å². The van der Waals surface area contributed by atoms with Gasteiger partial charge in [-0.2, -0.15) is 13.2 Å². The van der Waals surface area contributed by atoms with Crippen LogP contribution in [-0.2, 0) is 23.6 Å². The molecule has 0 amide bonds. The predicted molar refractivity (Wildman–Crippen MR) is 201 cm³/mol. The molecule has 6 aromatic carbocycles. The van der Waals surface area contributed by atoms with Crippen molar-refractivity contribution in [1.29, 1.82) is 0 Å². The molecular formula is C45H37F3O5. The summed E-state index contributed by atoms with van der Waals surface area (Å²) in [6.45, 7) is 2.17. The van der Waals surface area contributed by atoms with E-state index in [0.717, 1.165) is 78.9 Å². The van der Waals surface area contributed by atoms with Crippen LogP contribution in [0.25, 0.3) is 28.0 Å². The summed E-state index contributed by atoms with van der Waals surface area (Å²) in [5, 5.41) is 1.74. The molecule has 0 bridgehead atoms. The second kappa shape index (κ2) is 12.7. The highest BCUT2D eigenvalue weighted by Crippen LogP contribution is 2.60. The molecule has 6 aromatic rings. The van der Waals surface area contributed by atoms with Crippen LogP contribution in [-0.4, -0.2) is 28.4 Å². The predicted octanol–water partition coefficient (Wildman–Crippen LogP) is 10.8. The number of alkyl halides is 3. The number of halogens is 3. The fourth-order valence-corrected chi connectivity index (χ4v) is 8.19. The highest BCUT2D eigenvalue weighted by atomic mass is 19.4. The van der Waals surface area contributed by atoms with Crippen molar-refractivity contribution in [2.24, 2.45) is 0 Å². The third-order valence-corrected chi connectivity index (χ3v) is 10.8. The first-order valence-electron chi connectivity index (χ1n) is 17.2. The Labute approximate surface area is 306 Å². The van der Waals surface area contributed by atoms with Gasteiger partial charge >= 0.3 is 6.18 Å². The van der Waals surface area contributed by atoms with Gasteiger partial charge in [-0.1, -0.05) is 73.7 Å². The maximum Gasteiger partial charge on any atom is 0.416 e. The molecule has 2 aliphatic rings. The van der Waals surface area contributed by atoms with Crippen molar-refractivity contribution in [2.75, 3.05) is 28.4 Å². The van der Waals surface area contributed by atoms with Crippen molar-refractivity contribution in [3.63, 3.8) is 0 Å². The van der Waals surface area contributed by atoms with Gasteiger partial charge in [-0.25, -0.2) is 0 Å². The monoisotopic (exact) mass is 714 g/mol. The molecule has 0 fully saturated rings. The van der Waals surface area contributed by atoms with Gasteiger partial charge in [0.1, 0.15) is 17.2 Å². The fraction of sp³-hybridized carbons (Fsp3) is 0.200. The van der Waals surface area contributed by atoms with Gasteiger partial charge in [0.25, 0.3) is 0 Å². The summed E-state index contributed by atoms with van der Waals surface area (Å²) in [6, 6.07) is 33.4. The summed E-state index contributed by atoms with van der Waals surface area (Å²) < 4.78 is 70.9. The molecule has 0 radical (unpaired) electrons. The Morgan fingerprint density at radius 2 is 1.23 bits per heavy atom. The number of methoxy groups -OCH3 is 4. The van der Waals surface area contributed by atoms with Gasteiger partial charge < -0.3 is 23.7 Å². The molecule has 1 aliphatic heterocycles. The molecule has 1 atom stereocenters. The Kier molecular flexibility index (Phi) is 8.17. The number of benzene rings is 6. The molecule has 8 heteroatoms. The van der Waals surface area contributed by atoms with E-state index < -0.39 is 22.8 Å². The first-order chi connectivity index (χ1) is 25.5. The standard InChI is InChI=1S/C45H37F3O5/c1-43(26-27-10-12-30(13-11-27)45(46,47)48)37-9-7-6-8-33(37)40-35-24-38(51-4)39(52-5)25-36(35)42-34(41(40)43)22-23-44(53-42,28-14-18-31(49-2)19-15-28)29-16-20-32(50-3)21-17-29/h6-25H,26H2,1-5H3. The molecule has 0 saturated carbocycles. The van der Waals surface area contributed by atoms with E-state index in [-0.39, 0.29) is 0 Å². The Bertz CT molecular complexity index is 2330. The minimum Gasteiger partial charge on any atom is -0.497 e. The fourth-order valence-electron chi connectivity index (χ4n) is 8.19. The SMILES string of the molecule is COc1ccc(C2(c3ccc(OC)cc3)C=Cc3c4c(c5cc(OC)c(OC)cc5c3O2)-c2ccccc2C4(C)Cc2ccc(C(F)(F)F)cc2)cc1. The van der Waals surface area contributed by atoms with E-state index >= 15 is 0 Å². The van der Waals surface area contributed by atoms with E-state index in [9.17, 15) is 13.2 Å². The summed E-state index contributed by atoms with van der Waals surface area (Å²) in [7, 11) is 6.49. The first kappa shape index (κ1) is 34.2. The molecular weight excluding hydrogens is 677 g/mol. The summed E-state index contributed by atoms with van der Waals surface area (Å²) >= 11 is 0. The lowest BCUT2D eigenvalue weighted by Gasteiger charge is -2.39. The third kappa shape index (κ3) is 5.38. The topological polar surface area (TPSA) is 46.2 Å². The van der Waals surface area contributed by atoms with Gasteiger partial charge in [-0.3, -0.25) is 0 Å². The van der Waals surface area contributed by atoms with Crippen LogP contribution in [0, 0.1) is 0 Å². The zero-order valence-electron chi connectivity index (χ0n) is 29.9. The maximum atomic E-state index is 13.6. The van der Waals surface area contributed by atoms with E-state index in [0.29, 0.717) is 23.7 Å². The van der Waals surface area contributed by atoms with Gasteiger partial charge in [-0.15, -0.1) is 0 Å². The van der Waals surface area contributed by atoms with Crippen molar-refractivity contribution in [1.82, 2.24) is 0 Å². The van der Waals surface area contributed by atoms with Crippen LogP contribution >= 0.6 is 0 Å². The van der Waals surface area contributed by atoms with Crippen LogP contribution in [0.1, 0.15) is 45.9 Å². The van der Waals surface area contributed by atoms with Crippen LogP contribution < -0.4 is 23.7 Å². The second-order valence-corrected chi connectivity index (χ2v) is 13.6. The van der Waals surface area contributed by atoms with Crippen molar-refractivity contribution in [3.8, 4) is 39.9 Å². The molecule has 53 heavy (non-hydrogen) atoms. The molecule has 5 nitrogen and oxygen atoms in total. The van der Waals surface area contributed by atoms with Crippen LogP contribution in [0.15, 0.2) is 115 Å². The van der Waals surface area contributed by atoms with E-state index in [1.54, 1.807) is 40.6 Å². The van der Waals surface area contributed by atoms with Crippen molar-refractivity contribution in [2.45, 2.75) is 30.5 Å². The van der Waals surface area contributed by atoms with Crippen molar-refractivity contribution >= 4 is 16.8 Å². The molecule has 0 spiro atoms. The summed E-state index contributed by atoms with van der Waals surface area (Å²) in [5.41, 5.74) is 5.25. The summed E-state index contributed by atoms with van der Waals surface area (Å²) in [5.74, 6) is 3.21. The smallest absolute Gasteiger partial charge is 0.416 e. The summed E-state index contributed by atoms with van der Waals surface area (Å²) in [4.78, 5) is 0. The van der Waals surface area contributed by atoms with Crippen molar-refractivity contribution in [3.05, 3.63) is 154 Å². The van der Waals surface area contributed by atoms with Gasteiger partial charge in [0.05, 0.1) is 34.0 Å². The first-order valence-corrected chi connectivity index (χ1v) is 17.2. The number of hydrogen-bond donors (Lipinski definition) is 0. The average molecular weight is 715 g/mol. The lowest BCUT2D eigenvalue weighted by atomic mass is 9.72. The lowest BCUT2D eigenvalue weighted by Crippen LogP contribution is -2.35. The molecule has 268 valence electrons. The molecule has 1 unspecified atom stereocenters. The van der Waals surface area contributed by atoms with Crippen LogP contribution in [0.3, 0.4) is 0 Å². The third-order valence-electron chi connectivity index (χ3n) is 10.8. The zero-order valence-corrected chi connectivity index (χ0v) is 29.9. The van der Waals surface area contributed by atoms with Crippen LogP contribution in [0.2, 0.25) is 0 Å². The number of rotatable bonds is 8. The minimum absolute atomic E-state index is 0.455. The van der Waals surface area contributed by atoms with Gasteiger partial charge in [0, 0.05) is 27.5 Å². The lowest BCUT2D eigenvalue weighted by molar-refractivity contribution is -0.137. The second-order valence-electron chi connectivity index (χ2n) is 13.6. The Hall–Kier alpha value is -5.89. The van der Waals surface area contributed by atoms with Crippen LogP contribution in [0.5, 0.6) is 28.7 Å². The molecule has 1 heterocycles. The van der Waals surface area contributed by atoms with Gasteiger partial charge in [0.15, 0.2) is 17.1 Å². The molecule has 0 saturated heterocycles. The minimum atomic E-state index is -4.42. The average Bonchev–Trinajstić information content (AvgIpc) is 3.45. The van der Waals surface area contributed by atoms with Crippen LogP contribution in [0.4, 0.5) is 13.2 Å². The molecule has 0 N–H and O–H groups in total. The molecule has 8 rings (SSSR count). The number of hydrogen-bond acceptors (Lipinski definition) is 5. The molecule has 0 aromatic heterocycles. The van der Waals surface area contributed by atoms with E-state index in [1.807, 2.05) is 72.8 Å². The highest BCUT2D eigenvalue weighted by Gasteiger charge is 2.46. The van der Waals surface area contributed by atoms with Crippen molar-refractivity contribution < 1.29 is 36.9 Å². The largest absolute Gasteiger partial charge is 0.497 e. The normalized spacial score (nSPS) is 16.7. The Morgan fingerprint density at radius 1 is 0.660 bits per heavy atom. The number of fused-ring (bicyclic) bond motifs is 8. The molecule has 1 aliphatic carbocycles. The summed E-state index contributed by atoms with van der Waals surface area (Å²) in [6.07, 6.45) is 0.262. The van der Waals surface area contributed by atoms with Gasteiger partial charge in [-0.05, 0) is 94.2 Å².